The molecule has 7 heteroatoms. The fraction of sp³-hybridized carbons (Fsp3) is 0.280. The molecular weight excluding hydrogens is 424 g/mol. The van der Waals surface area contributed by atoms with Gasteiger partial charge in [-0.1, -0.05) is 42.5 Å². The average molecular weight is 453 g/mol. The Labute approximate surface area is 193 Å². The molecule has 168 valence electrons. The molecule has 3 aromatic rings. The molecule has 0 unspecified atom stereocenters. The zero-order valence-electron chi connectivity index (χ0n) is 18.4. The van der Waals surface area contributed by atoms with Gasteiger partial charge in [0, 0.05) is 30.6 Å². The third-order valence-electron chi connectivity index (χ3n) is 4.99. The van der Waals surface area contributed by atoms with Crippen LogP contribution in [-0.2, 0) is 22.6 Å². The van der Waals surface area contributed by atoms with E-state index >= 15 is 0 Å². The van der Waals surface area contributed by atoms with Gasteiger partial charge in [-0.15, -0.1) is 11.3 Å². The summed E-state index contributed by atoms with van der Waals surface area (Å²) in [5, 5.41) is 2.00. The van der Waals surface area contributed by atoms with Gasteiger partial charge in [-0.25, -0.2) is 0 Å². The van der Waals surface area contributed by atoms with Gasteiger partial charge in [0.1, 0.15) is 12.3 Å². The predicted molar refractivity (Wildman–Crippen MR) is 126 cm³/mol. The Morgan fingerprint density at radius 3 is 2.41 bits per heavy atom. The number of carbonyl (C=O) groups excluding carboxylic acids is 2. The van der Waals surface area contributed by atoms with Gasteiger partial charge < -0.3 is 19.3 Å². The summed E-state index contributed by atoms with van der Waals surface area (Å²) in [7, 11) is 3.14. The largest absolute Gasteiger partial charge is 0.497 e. The van der Waals surface area contributed by atoms with E-state index in [4.69, 9.17) is 9.47 Å². The highest BCUT2D eigenvalue weighted by Gasteiger charge is 2.23. The van der Waals surface area contributed by atoms with Crippen molar-refractivity contribution >= 4 is 23.2 Å². The van der Waals surface area contributed by atoms with Crippen LogP contribution in [0.1, 0.15) is 20.8 Å². The Balaban J connectivity index is 1.79. The molecule has 0 saturated heterocycles. The maximum atomic E-state index is 13.4. The first-order chi connectivity index (χ1) is 15.6. The monoisotopic (exact) mass is 452 g/mol. The van der Waals surface area contributed by atoms with Crippen LogP contribution in [0.5, 0.6) is 5.75 Å². The first-order valence-electron chi connectivity index (χ1n) is 10.4. The van der Waals surface area contributed by atoms with Gasteiger partial charge in [0.2, 0.25) is 5.91 Å². The van der Waals surface area contributed by atoms with Gasteiger partial charge in [0.25, 0.3) is 5.91 Å². The molecule has 0 aliphatic carbocycles. The molecule has 0 N–H and O–H groups in total. The van der Waals surface area contributed by atoms with Crippen molar-refractivity contribution in [1.29, 1.82) is 0 Å². The molecule has 2 aromatic carbocycles. The number of methoxy groups -OCH3 is 2. The molecule has 1 aromatic heterocycles. The summed E-state index contributed by atoms with van der Waals surface area (Å²) in [5.41, 5.74) is 1.51. The van der Waals surface area contributed by atoms with Crippen LogP contribution in [0.25, 0.3) is 0 Å². The number of ether oxygens (including phenoxy) is 2. The Morgan fingerprint density at radius 2 is 1.72 bits per heavy atom. The van der Waals surface area contributed by atoms with Crippen molar-refractivity contribution in [3.05, 3.63) is 88.1 Å². The number of amides is 2. The number of thiophene rings is 1. The average Bonchev–Trinajstić information content (AvgIpc) is 3.34. The topological polar surface area (TPSA) is 59.1 Å². The van der Waals surface area contributed by atoms with Crippen LogP contribution < -0.4 is 4.74 Å². The maximum absolute atomic E-state index is 13.4. The minimum Gasteiger partial charge on any atom is -0.497 e. The summed E-state index contributed by atoms with van der Waals surface area (Å²) in [5.74, 6) is 0.247. The number of rotatable bonds is 11. The Hall–Kier alpha value is -3.16. The summed E-state index contributed by atoms with van der Waals surface area (Å²) in [6.07, 6.45) is 0. The van der Waals surface area contributed by atoms with Crippen molar-refractivity contribution in [3.8, 4) is 5.75 Å². The Bertz CT molecular complexity index is 992. The zero-order chi connectivity index (χ0) is 22.8. The molecule has 32 heavy (non-hydrogen) atoms. The molecule has 0 radical (unpaired) electrons. The van der Waals surface area contributed by atoms with Crippen molar-refractivity contribution in [2.24, 2.45) is 0 Å². The molecule has 0 spiro atoms. The highest BCUT2D eigenvalue weighted by Crippen LogP contribution is 2.17. The summed E-state index contributed by atoms with van der Waals surface area (Å²) in [6.45, 7) is 1.60. The lowest BCUT2D eigenvalue weighted by Gasteiger charge is -2.27. The molecular formula is C25H28N2O4S. The third-order valence-corrected chi connectivity index (χ3v) is 5.85. The lowest BCUT2D eigenvalue weighted by molar-refractivity contribution is -0.133. The van der Waals surface area contributed by atoms with E-state index in [-0.39, 0.29) is 18.4 Å². The molecule has 0 aliphatic heterocycles. The van der Waals surface area contributed by atoms with Crippen LogP contribution in [0.15, 0.2) is 72.1 Å². The van der Waals surface area contributed by atoms with Gasteiger partial charge in [-0.05, 0) is 35.2 Å². The highest BCUT2D eigenvalue weighted by atomic mass is 32.1. The van der Waals surface area contributed by atoms with Crippen LogP contribution in [0.4, 0.5) is 0 Å². The van der Waals surface area contributed by atoms with E-state index in [2.05, 4.69) is 0 Å². The Kier molecular flexibility index (Phi) is 8.83. The standard InChI is InChI=1S/C25H28N2O4S/c1-30-14-13-26(25(29)21-10-6-11-22(16-21)31-2)19-24(28)27(18-23-12-7-15-32-23)17-20-8-4-3-5-9-20/h3-12,15-16H,13-14,17-19H2,1-2H3. The zero-order valence-corrected chi connectivity index (χ0v) is 19.2. The van der Waals surface area contributed by atoms with E-state index in [1.165, 1.54) is 4.90 Å². The number of nitrogens with zero attached hydrogens (tertiary/aromatic N) is 2. The number of hydrogen-bond acceptors (Lipinski definition) is 5. The van der Waals surface area contributed by atoms with E-state index in [0.29, 0.717) is 37.6 Å². The van der Waals surface area contributed by atoms with E-state index < -0.39 is 0 Å². The van der Waals surface area contributed by atoms with Crippen LogP contribution in [0, 0.1) is 0 Å². The predicted octanol–water partition coefficient (Wildman–Crippen LogP) is 4.07. The van der Waals surface area contributed by atoms with Gasteiger partial charge in [0.15, 0.2) is 0 Å². The highest BCUT2D eigenvalue weighted by molar-refractivity contribution is 7.09. The molecule has 0 fully saturated rings. The summed E-state index contributed by atoms with van der Waals surface area (Å²) >= 11 is 1.61. The van der Waals surface area contributed by atoms with Crippen molar-refractivity contribution in [2.75, 3.05) is 33.9 Å². The van der Waals surface area contributed by atoms with E-state index in [0.717, 1.165) is 10.4 Å². The smallest absolute Gasteiger partial charge is 0.254 e. The van der Waals surface area contributed by atoms with Gasteiger partial charge in [0.05, 0.1) is 20.3 Å². The normalized spacial score (nSPS) is 10.6. The number of carbonyl (C=O) groups is 2. The lowest BCUT2D eigenvalue weighted by atomic mass is 10.1. The van der Waals surface area contributed by atoms with Crippen molar-refractivity contribution in [2.45, 2.75) is 13.1 Å². The third kappa shape index (κ3) is 6.67. The second kappa shape index (κ2) is 12.0. The SMILES string of the molecule is COCCN(CC(=O)N(Cc1ccccc1)Cc1cccs1)C(=O)c1cccc(OC)c1. The summed E-state index contributed by atoms with van der Waals surface area (Å²) in [4.78, 5) is 31.0. The fourth-order valence-corrected chi connectivity index (χ4v) is 4.00. The molecule has 0 saturated carbocycles. The molecule has 0 atom stereocenters. The number of benzene rings is 2. The van der Waals surface area contributed by atoms with Crippen LogP contribution in [-0.4, -0.2) is 55.5 Å². The van der Waals surface area contributed by atoms with E-state index in [9.17, 15) is 9.59 Å². The van der Waals surface area contributed by atoms with E-state index in [1.54, 1.807) is 54.7 Å². The Morgan fingerprint density at radius 1 is 0.906 bits per heavy atom. The molecule has 1 heterocycles. The maximum Gasteiger partial charge on any atom is 0.254 e. The first kappa shape index (κ1) is 23.5. The van der Waals surface area contributed by atoms with Crippen LogP contribution in [0.2, 0.25) is 0 Å². The summed E-state index contributed by atoms with van der Waals surface area (Å²) < 4.78 is 10.4. The van der Waals surface area contributed by atoms with Gasteiger partial charge in [-0.2, -0.15) is 0 Å². The summed E-state index contributed by atoms with van der Waals surface area (Å²) in [6, 6.07) is 20.8. The molecule has 6 nitrogen and oxygen atoms in total. The van der Waals surface area contributed by atoms with Crippen LogP contribution in [0.3, 0.4) is 0 Å². The second-order valence-electron chi connectivity index (χ2n) is 7.27. The van der Waals surface area contributed by atoms with Gasteiger partial charge in [-0.3, -0.25) is 9.59 Å². The molecule has 2 amide bonds. The van der Waals surface area contributed by atoms with E-state index in [1.807, 2.05) is 47.8 Å². The molecule has 0 aliphatic rings. The second-order valence-corrected chi connectivity index (χ2v) is 8.30. The minimum absolute atomic E-state index is 0.0301. The van der Waals surface area contributed by atoms with Crippen molar-refractivity contribution in [3.63, 3.8) is 0 Å². The van der Waals surface area contributed by atoms with Gasteiger partial charge >= 0.3 is 0 Å². The van der Waals surface area contributed by atoms with Crippen molar-refractivity contribution < 1.29 is 19.1 Å². The number of hydrogen-bond donors (Lipinski definition) is 0. The molecule has 3 rings (SSSR count). The lowest BCUT2D eigenvalue weighted by Crippen LogP contribution is -2.43. The van der Waals surface area contributed by atoms with Crippen LogP contribution >= 0.6 is 11.3 Å². The minimum atomic E-state index is -0.231. The first-order valence-corrected chi connectivity index (χ1v) is 11.2. The quantitative estimate of drug-likeness (QED) is 0.440. The fourth-order valence-electron chi connectivity index (χ4n) is 3.28. The van der Waals surface area contributed by atoms with Crippen molar-refractivity contribution in [1.82, 2.24) is 9.80 Å². The molecule has 0 bridgehead atoms.